The van der Waals surface area contributed by atoms with E-state index in [9.17, 15) is 15.0 Å². The standard InChI is InChI=1S/C28H36N2O7S.C2H6.Fm/c1-14-10-16-6-8-30-18(23(29(3)4)21(16)25(33)26(14)34-5)11-17-22(19(30)12-35-20(31)7-9-38)28-27(36-13-37-28)15(2)24(17)32;1-2;/h10,18-19,23,32-33,38H,6-9,11-13H2,1-5H3;1-2H3;/p-1. The van der Waals surface area contributed by atoms with Gasteiger partial charge in [0.1, 0.15) is 12.4 Å². The second kappa shape index (κ2) is 12.8. The van der Waals surface area contributed by atoms with Gasteiger partial charge in [-0.1, -0.05) is 19.9 Å². The quantitative estimate of drug-likeness (QED) is 0.328. The topological polar surface area (TPSA) is 101 Å². The van der Waals surface area contributed by atoms with Gasteiger partial charge in [-0.05, 0) is 51.9 Å². The van der Waals surface area contributed by atoms with E-state index in [0.29, 0.717) is 42.2 Å². The number of rotatable bonds is 6. The zero-order valence-corrected chi connectivity index (χ0v) is 28.0. The average Bonchev–Trinajstić information content (AvgIpc) is 3.35. The van der Waals surface area contributed by atoms with E-state index < -0.39 is 0 Å². The fraction of sp³-hybridized carbons (Fsp3) is 0.567. The molecular formula is C30H41FmN2O7S-. The number of esters is 1. The van der Waals surface area contributed by atoms with E-state index >= 15 is 0 Å². The van der Waals surface area contributed by atoms with Crippen LogP contribution in [0.25, 0.3) is 0 Å². The first kappa shape index (κ1) is 31.7. The fourth-order valence-electron chi connectivity index (χ4n) is 6.46. The molecular weight excluding hydrogens is 789 g/mol. The molecule has 0 fully saturated rings. The average molecular weight is 831 g/mol. The molecule has 3 heterocycles. The van der Waals surface area contributed by atoms with Crippen molar-refractivity contribution < 1.29 is 34.0 Å². The van der Waals surface area contributed by atoms with Crippen LogP contribution in [-0.4, -0.2) is 78.9 Å². The minimum absolute atomic E-state index is 0. The Morgan fingerprint density at radius 2 is 1.83 bits per heavy atom. The van der Waals surface area contributed by atoms with Crippen molar-refractivity contribution in [3.05, 3.63) is 39.4 Å². The number of nitrogens with zero attached hydrogens (tertiary/aromatic N) is 2. The summed E-state index contributed by atoms with van der Waals surface area (Å²) in [4.78, 5) is 16.8. The third-order valence-corrected chi connectivity index (χ3v) is 8.27. The predicted molar refractivity (Wildman–Crippen MR) is 155 cm³/mol. The summed E-state index contributed by atoms with van der Waals surface area (Å²) >= 11 is 4.98. The molecule has 2 N–H and O–H groups in total. The summed E-state index contributed by atoms with van der Waals surface area (Å²) in [5, 5.41) is 22.8. The number of methoxy groups -OCH3 is 1. The molecule has 0 saturated heterocycles. The van der Waals surface area contributed by atoms with Crippen LogP contribution in [-0.2, 0) is 35.0 Å². The molecule has 0 saturated carbocycles. The fourth-order valence-corrected chi connectivity index (χ4v) is 6.63. The van der Waals surface area contributed by atoms with Gasteiger partial charge in [-0.15, -0.1) is 0 Å². The maximum Gasteiger partial charge on any atom is 0.303 e. The van der Waals surface area contributed by atoms with E-state index in [0.717, 1.165) is 27.8 Å². The van der Waals surface area contributed by atoms with E-state index in [1.807, 2.05) is 41.8 Å². The van der Waals surface area contributed by atoms with Crippen molar-refractivity contribution in [3.63, 3.8) is 0 Å². The summed E-state index contributed by atoms with van der Waals surface area (Å²) in [6, 6.07) is 1.32. The van der Waals surface area contributed by atoms with Crippen LogP contribution in [0.4, 0.5) is 0 Å². The van der Waals surface area contributed by atoms with Crippen LogP contribution in [0.5, 0.6) is 28.7 Å². The number of hydrogen-bond donors (Lipinski definition) is 2. The smallest absolute Gasteiger partial charge is 0.303 e. The molecule has 41 heavy (non-hydrogen) atoms. The van der Waals surface area contributed by atoms with E-state index in [-0.39, 0.29) is 61.2 Å². The van der Waals surface area contributed by atoms with Crippen LogP contribution in [0.3, 0.4) is 0 Å². The number of aryl methyl sites for hydroxylation is 1. The molecule has 3 aliphatic heterocycles. The number of carbonyl (C=O) groups is 1. The van der Waals surface area contributed by atoms with Gasteiger partial charge in [0.05, 0.1) is 19.2 Å². The van der Waals surface area contributed by atoms with Gasteiger partial charge in [-0.25, -0.2) is 0 Å². The Morgan fingerprint density at radius 3 is 2.46 bits per heavy atom. The number of carbonyl (C=O) groups excluding carboxylic acids is 1. The maximum absolute atomic E-state index is 12.4. The number of likely N-dealkylation sites (N-methyl/N-ethyl adjacent to an activating group) is 1. The number of phenols is 2. The van der Waals surface area contributed by atoms with Crippen molar-refractivity contribution >= 4 is 18.6 Å². The molecule has 2 aromatic carbocycles. The molecule has 3 unspecified atom stereocenters. The molecule has 3 atom stereocenters. The molecule has 3 aliphatic rings. The molecule has 0 bridgehead atoms. The van der Waals surface area contributed by atoms with Crippen molar-refractivity contribution in [3.8, 4) is 28.7 Å². The first-order valence-corrected chi connectivity index (χ1v) is 14.5. The van der Waals surface area contributed by atoms with Gasteiger partial charge >= 0.3 is 5.97 Å². The minimum Gasteiger partial charge on any atom is -0.792 e. The van der Waals surface area contributed by atoms with Crippen LogP contribution < -0.4 is 14.2 Å². The van der Waals surface area contributed by atoms with Gasteiger partial charge < -0.3 is 46.7 Å². The Labute approximate surface area is 242 Å². The summed E-state index contributed by atoms with van der Waals surface area (Å²) < 4.78 is 23.0. The third-order valence-electron chi connectivity index (χ3n) is 8.07. The molecule has 232 valence electrons. The Kier molecular flexibility index (Phi) is 9.89. The largest absolute Gasteiger partial charge is 0.792 e. The second-order valence-corrected chi connectivity index (χ2v) is 10.8. The first-order chi connectivity index (χ1) is 19.2. The molecule has 0 aromatic heterocycles. The Hall–Kier alpha value is -3.82. The number of hydrogen-bond acceptors (Lipinski definition) is 10. The van der Waals surface area contributed by atoms with Gasteiger partial charge in [-0.3, -0.25) is 9.69 Å². The van der Waals surface area contributed by atoms with E-state index in [1.165, 1.54) is 0 Å². The Balaban J connectivity index is 0.00000151. The van der Waals surface area contributed by atoms with E-state index in [2.05, 4.69) is 15.9 Å². The Morgan fingerprint density at radius 1 is 1.15 bits per heavy atom. The van der Waals surface area contributed by atoms with Gasteiger partial charge in [0.2, 0.25) is 6.79 Å². The number of phenolic OH excluding ortho intramolecular Hbond substituents is 2. The number of ether oxygens (including phenoxy) is 4. The molecule has 0 radical (unpaired) electrons. The zero-order chi connectivity index (χ0) is 29.3. The SMILES string of the molecule is CC.COc1c(C)cc2c(c1O)C(N(C)C)C1Cc3c(O)c(C)c4c(c3C(COC(=O)CC[S-])N1CC2)OCO4.[Fm]. The molecule has 9 nitrogen and oxygen atoms in total. The number of fused-ring (bicyclic) bond motifs is 5. The third kappa shape index (κ3) is 5.31. The number of aromatic hydroxyl groups is 2. The van der Waals surface area contributed by atoms with Crippen molar-refractivity contribution in [2.45, 2.75) is 65.1 Å². The van der Waals surface area contributed by atoms with Gasteiger partial charge in [0.25, 0.3) is 0 Å². The van der Waals surface area contributed by atoms with Gasteiger partial charge in [0.15, 0.2) is 23.0 Å². The van der Waals surface area contributed by atoms with Gasteiger partial charge in [0, 0.05) is 41.3 Å². The van der Waals surface area contributed by atoms with Gasteiger partial charge in [-0.2, -0.15) is 5.75 Å². The Bertz CT molecular complexity index is 1270. The monoisotopic (exact) mass is 830 g/mol. The van der Waals surface area contributed by atoms with Crippen molar-refractivity contribution in [1.82, 2.24) is 9.80 Å². The van der Waals surface area contributed by atoms with Crippen LogP contribution in [0.2, 0.25) is 0 Å². The van der Waals surface area contributed by atoms with Crippen molar-refractivity contribution in [1.29, 1.82) is 0 Å². The summed E-state index contributed by atoms with van der Waals surface area (Å²) in [6.07, 6.45) is 1.35. The molecule has 2 aromatic rings. The van der Waals surface area contributed by atoms with Crippen LogP contribution in [0.15, 0.2) is 6.07 Å². The molecule has 0 spiro atoms. The van der Waals surface area contributed by atoms with Crippen LogP contribution >= 0.6 is 0 Å². The molecule has 5 rings (SSSR count). The van der Waals surface area contributed by atoms with Crippen molar-refractivity contribution in [2.75, 3.05) is 46.9 Å². The van der Waals surface area contributed by atoms with E-state index in [4.69, 9.17) is 31.6 Å². The minimum atomic E-state index is -0.387. The van der Waals surface area contributed by atoms with Crippen LogP contribution in [0, 0.1) is 13.8 Å². The second-order valence-electron chi connectivity index (χ2n) is 10.4. The van der Waals surface area contributed by atoms with E-state index in [1.54, 1.807) is 7.11 Å². The summed E-state index contributed by atoms with van der Waals surface area (Å²) in [5.74, 6) is 1.85. The summed E-state index contributed by atoms with van der Waals surface area (Å²) in [7, 11) is 5.54. The molecule has 11 heteroatoms. The zero-order valence-electron chi connectivity index (χ0n) is 24.8. The summed E-state index contributed by atoms with van der Waals surface area (Å²) in [6.45, 7) is 8.55. The molecule has 0 aliphatic carbocycles. The normalized spacial score (nSPS) is 20.5. The first-order valence-electron chi connectivity index (χ1n) is 13.9. The van der Waals surface area contributed by atoms with Crippen LogP contribution in [0.1, 0.15) is 65.7 Å². The number of benzene rings is 2. The molecule has 0 amide bonds. The predicted octanol–water partition coefficient (Wildman–Crippen LogP) is 4.09. The maximum atomic E-state index is 12.4. The van der Waals surface area contributed by atoms with Crippen molar-refractivity contribution in [2.24, 2.45) is 0 Å². The summed E-state index contributed by atoms with van der Waals surface area (Å²) in [5.41, 5.74) is 4.92.